The number of hydrogen-bond acceptors (Lipinski definition) is 5. The number of aromatic nitrogens is 2. The van der Waals surface area contributed by atoms with Crippen molar-refractivity contribution in [2.75, 3.05) is 5.75 Å². The van der Waals surface area contributed by atoms with Gasteiger partial charge in [-0.1, -0.05) is 23.4 Å². The van der Waals surface area contributed by atoms with Crippen molar-refractivity contribution in [1.82, 2.24) is 20.4 Å². The molecule has 7 nitrogen and oxygen atoms in total. The molecule has 0 saturated heterocycles. The smallest absolute Gasteiger partial charge is 0.262 e. The minimum atomic E-state index is -0.397. The number of hydrazine groups is 1. The van der Waals surface area contributed by atoms with Gasteiger partial charge >= 0.3 is 0 Å². The SMILES string of the molecule is CC(=O)NNC(=O)CSc1nc2cc(Cl)ccc2c(=O)n1C(C)C. The van der Waals surface area contributed by atoms with Crippen LogP contribution in [0, 0.1) is 0 Å². The van der Waals surface area contributed by atoms with E-state index in [-0.39, 0.29) is 23.3 Å². The monoisotopic (exact) mass is 368 g/mol. The van der Waals surface area contributed by atoms with E-state index in [2.05, 4.69) is 15.8 Å². The first-order chi connectivity index (χ1) is 11.3. The van der Waals surface area contributed by atoms with Gasteiger partial charge in [-0.3, -0.25) is 29.8 Å². The summed E-state index contributed by atoms with van der Waals surface area (Å²) in [6.07, 6.45) is 0. The molecular weight excluding hydrogens is 352 g/mol. The highest BCUT2D eigenvalue weighted by molar-refractivity contribution is 7.99. The average Bonchev–Trinajstić information content (AvgIpc) is 2.50. The second-order valence-electron chi connectivity index (χ2n) is 5.34. The van der Waals surface area contributed by atoms with Crippen molar-refractivity contribution in [2.24, 2.45) is 0 Å². The van der Waals surface area contributed by atoms with Crippen molar-refractivity contribution < 1.29 is 9.59 Å². The van der Waals surface area contributed by atoms with Crippen molar-refractivity contribution in [3.63, 3.8) is 0 Å². The van der Waals surface area contributed by atoms with Crippen LogP contribution >= 0.6 is 23.4 Å². The maximum Gasteiger partial charge on any atom is 0.262 e. The summed E-state index contributed by atoms with van der Waals surface area (Å²) in [6.45, 7) is 5.02. The third-order valence-electron chi connectivity index (χ3n) is 3.06. The van der Waals surface area contributed by atoms with E-state index < -0.39 is 5.91 Å². The minimum absolute atomic E-state index is 0.00547. The quantitative estimate of drug-likeness (QED) is 0.488. The van der Waals surface area contributed by atoms with Crippen LogP contribution in [0.15, 0.2) is 28.2 Å². The Morgan fingerprint density at radius 1 is 1.33 bits per heavy atom. The maximum atomic E-state index is 12.7. The van der Waals surface area contributed by atoms with Gasteiger partial charge in [-0.25, -0.2) is 4.98 Å². The Labute approximate surface area is 147 Å². The standard InChI is InChI=1S/C15H17ClN4O3S/c1-8(2)20-14(23)11-5-4-10(16)6-12(11)17-15(20)24-7-13(22)19-18-9(3)21/h4-6,8H,7H2,1-3H3,(H,18,21)(H,19,22). The number of rotatable bonds is 4. The highest BCUT2D eigenvalue weighted by Crippen LogP contribution is 2.22. The molecule has 0 atom stereocenters. The van der Waals surface area contributed by atoms with E-state index in [1.165, 1.54) is 11.5 Å². The molecule has 0 aliphatic rings. The second kappa shape index (κ2) is 7.67. The molecule has 1 aromatic carbocycles. The Bertz CT molecular complexity index is 850. The number of hydrogen-bond donors (Lipinski definition) is 2. The van der Waals surface area contributed by atoms with Crippen LogP contribution in [0.1, 0.15) is 26.8 Å². The fourth-order valence-electron chi connectivity index (χ4n) is 2.03. The number of halogens is 1. The first-order valence-electron chi connectivity index (χ1n) is 7.19. The first kappa shape index (κ1) is 18.3. The third kappa shape index (κ3) is 4.27. The molecule has 0 bridgehead atoms. The molecule has 2 amide bonds. The number of amides is 2. The van der Waals surface area contributed by atoms with Gasteiger partial charge in [0.25, 0.3) is 5.56 Å². The van der Waals surface area contributed by atoms with Crippen molar-refractivity contribution >= 4 is 46.1 Å². The van der Waals surface area contributed by atoms with Gasteiger partial charge in [0.2, 0.25) is 11.8 Å². The molecule has 24 heavy (non-hydrogen) atoms. The van der Waals surface area contributed by atoms with Gasteiger partial charge in [0, 0.05) is 18.0 Å². The average molecular weight is 369 g/mol. The summed E-state index contributed by atoms with van der Waals surface area (Å²) in [4.78, 5) is 39.6. The highest BCUT2D eigenvalue weighted by Gasteiger charge is 2.15. The molecule has 2 aromatic rings. The molecule has 1 aromatic heterocycles. The van der Waals surface area contributed by atoms with Crippen LogP contribution in [0.5, 0.6) is 0 Å². The molecule has 1 heterocycles. The number of thioether (sulfide) groups is 1. The normalized spacial score (nSPS) is 10.9. The lowest BCUT2D eigenvalue weighted by atomic mass is 10.2. The van der Waals surface area contributed by atoms with Crippen molar-refractivity contribution in [1.29, 1.82) is 0 Å². The number of carbonyl (C=O) groups is 2. The Kier molecular flexibility index (Phi) is 5.84. The molecule has 0 saturated carbocycles. The van der Waals surface area contributed by atoms with Gasteiger partial charge in [-0.2, -0.15) is 0 Å². The minimum Gasteiger partial charge on any atom is -0.285 e. The molecule has 0 aliphatic heterocycles. The molecular formula is C15H17ClN4O3S. The van der Waals surface area contributed by atoms with Crippen molar-refractivity contribution in [3.05, 3.63) is 33.6 Å². The van der Waals surface area contributed by atoms with Crippen LogP contribution < -0.4 is 16.4 Å². The van der Waals surface area contributed by atoms with Crippen LogP contribution in [0.4, 0.5) is 0 Å². The topological polar surface area (TPSA) is 93.1 Å². The lowest BCUT2D eigenvalue weighted by molar-refractivity contribution is -0.126. The fraction of sp³-hybridized carbons (Fsp3) is 0.333. The van der Waals surface area contributed by atoms with E-state index in [0.717, 1.165) is 11.8 Å². The summed E-state index contributed by atoms with van der Waals surface area (Å²) in [5, 5.41) is 1.37. The van der Waals surface area contributed by atoms with Gasteiger partial charge < -0.3 is 0 Å². The van der Waals surface area contributed by atoms with Crippen LogP contribution in [0.25, 0.3) is 10.9 Å². The van der Waals surface area contributed by atoms with Gasteiger partial charge in [0.1, 0.15) is 0 Å². The van der Waals surface area contributed by atoms with Crippen molar-refractivity contribution in [2.45, 2.75) is 32.0 Å². The van der Waals surface area contributed by atoms with Gasteiger partial charge in [-0.15, -0.1) is 0 Å². The molecule has 0 fully saturated rings. The summed E-state index contributed by atoms with van der Waals surface area (Å²) < 4.78 is 1.53. The van der Waals surface area contributed by atoms with Gasteiger partial charge in [0.15, 0.2) is 5.16 Å². The Morgan fingerprint density at radius 3 is 2.67 bits per heavy atom. The molecule has 9 heteroatoms. The van der Waals surface area contributed by atoms with Crippen LogP contribution in [-0.2, 0) is 9.59 Å². The zero-order valence-corrected chi connectivity index (χ0v) is 15.0. The van der Waals surface area contributed by atoms with Gasteiger partial charge in [0.05, 0.1) is 16.7 Å². The van der Waals surface area contributed by atoms with Crippen molar-refractivity contribution in [3.8, 4) is 0 Å². The van der Waals surface area contributed by atoms with Crippen LogP contribution in [-0.4, -0.2) is 27.1 Å². The number of nitrogens with zero attached hydrogens (tertiary/aromatic N) is 2. The molecule has 128 valence electrons. The number of carbonyl (C=O) groups excluding carboxylic acids is 2. The largest absolute Gasteiger partial charge is 0.285 e. The lowest BCUT2D eigenvalue weighted by Crippen LogP contribution is -2.41. The molecule has 2 rings (SSSR count). The number of benzene rings is 1. The lowest BCUT2D eigenvalue weighted by Gasteiger charge is -2.16. The summed E-state index contributed by atoms with van der Waals surface area (Å²) in [5.41, 5.74) is 4.77. The van der Waals surface area contributed by atoms with E-state index in [0.29, 0.717) is 21.1 Å². The van der Waals surface area contributed by atoms with Crippen LogP contribution in [0.2, 0.25) is 5.02 Å². The summed E-state index contributed by atoms with van der Waals surface area (Å²) >= 11 is 7.08. The molecule has 2 N–H and O–H groups in total. The van der Waals surface area contributed by atoms with Gasteiger partial charge in [-0.05, 0) is 32.0 Å². The van der Waals surface area contributed by atoms with E-state index in [1.54, 1.807) is 18.2 Å². The zero-order chi connectivity index (χ0) is 17.9. The maximum absolute atomic E-state index is 12.7. The highest BCUT2D eigenvalue weighted by atomic mass is 35.5. The predicted molar refractivity (Wildman–Crippen MR) is 94.1 cm³/mol. The predicted octanol–water partition coefficient (Wildman–Crippen LogP) is 1.89. The zero-order valence-electron chi connectivity index (χ0n) is 13.4. The molecule has 0 spiro atoms. The van der Waals surface area contributed by atoms with Crippen LogP contribution in [0.3, 0.4) is 0 Å². The Balaban J connectivity index is 2.34. The van der Waals surface area contributed by atoms with E-state index >= 15 is 0 Å². The number of nitrogens with one attached hydrogen (secondary N) is 2. The van der Waals surface area contributed by atoms with E-state index in [1.807, 2.05) is 13.8 Å². The molecule has 0 unspecified atom stereocenters. The number of fused-ring (bicyclic) bond motifs is 1. The summed E-state index contributed by atoms with van der Waals surface area (Å²) in [7, 11) is 0. The second-order valence-corrected chi connectivity index (χ2v) is 6.72. The Hall–Kier alpha value is -2.06. The summed E-state index contributed by atoms with van der Waals surface area (Å²) in [6, 6.07) is 4.78. The third-order valence-corrected chi connectivity index (χ3v) is 4.25. The molecule has 0 radical (unpaired) electrons. The summed E-state index contributed by atoms with van der Waals surface area (Å²) in [5.74, 6) is -0.761. The Morgan fingerprint density at radius 2 is 2.04 bits per heavy atom. The first-order valence-corrected chi connectivity index (χ1v) is 8.56. The molecule has 0 aliphatic carbocycles. The van der Waals surface area contributed by atoms with E-state index in [9.17, 15) is 14.4 Å². The fourth-order valence-corrected chi connectivity index (χ4v) is 3.13. The van der Waals surface area contributed by atoms with E-state index in [4.69, 9.17) is 11.6 Å².